The number of hydrogen-bond acceptors (Lipinski definition) is 4. The van der Waals surface area contributed by atoms with Gasteiger partial charge in [-0.1, -0.05) is 0 Å². The third kappa shape index (κ3) is 8.91. The maximum absolute atomic E-state index is 5.54. The van der Waals surface area contributed by atoms with Crippen molar-refractivity contribution in [2.24, 2.45) is 10.8 Å². The summed E-state index contributed by atoms with van der Waals surface area (Å²) >= 11 is 0. The monoisotopic (exact) mass is 246 g/mol. The van der Waals surface area contributed by atoms with Gasteiger partial charge < -0.3 is 14.8 Å². The lowest BCUT2D eigenvalue weighted by Crippen LogP contribution is -2.43. The number of hydrazine groups is 1. The summed E-state index contributed by atoms with van der Waals surface area (Å²) in [6, 6.07) is 0. The van der Waals surface area contributed by atoms with E-state index in [2.05, 4.69) is 15.7 Å². The number of aliphatic imine (C=N–C) groups is 1. The van der Waals surface area contributed by atoms with E-state index in [1.165, 1.54) is 0 Å². The minimum Gasteiger partial charge on any atom is -0.385 e. The molecule has 6 heteroatoms. The van der Waals surface area contributed by atoms with Crippen LogP contribution in [0.1, 0.15) is 27.2 Å². The van der Waals surface area contributed by atoms with E-state index in [-0.39, 0.29) is 5.60 Å². The van der Waals surface area contributed by atoms with Gasteiger partial charge in [-0.2, -0.15) is 0 Å². The van der Waals surface area contributed by atoms with Crippen molar-refractivity contribution in [2.75, 3.05) is 33.4 Å². The lowest BCUT2D eigenvalue weighted by Gasteiger charge is -2.22. The molecule has 0 atom stereocenters. The molecular weight excluding hydrogens is 220 g/mol. The SMILES string of the molecule is CCOC(C)(C)CN=C(NN)NCCCOC. The maximum Gasteiger partial charge on any atom is 0.205 e. The van der Waals surface area contributed by atoms with Crippen LogP contribution in [0.2, 0.25) is 0 Å². The van der Waals surface area contributed by atoms with E-state index < -0.39 is 0 Å². The number of nitrogens with two attached hydrogens (primary N) is 1. The molecule has 102 valence electrons. The summed E-state index contributed by atoms with van der Waals surface area (Å²) in [6.07, 6.45) is 0.909. The number of nitrogens with zero attached hydrogens (tertiary/aromatic N) is 1. The molecule has 17 heavy (non-hydrogen) atoms. The molecule has 0 fully saturated rings. The molecule has 0 saturated carbocycles. The van der Waals surface area contributed by atoms with Crippen LogP contribution in [-0.4, -0.2) is 45.0 Å². The maximum atomic E-state index is 5.54. The fourth-order valence-corrected chi connectivity index (χ4v) is 1.28. The third-order valence-corrected chi connectivity index (χ3v) is 2.11. The van der Waals surface area contributed by atoms with E-state index >= 15 is 0 Å². The van der Waals surface area contributed by atoms with Gasteiger partial charge in [-0.3, -0.25) is 5.43 Å². The first-order valence-corrected chi connectivity index (χ1v) is 5.93. The molecule has 0 rings (SSSR count). The van der Waals surface area contributed by atoms with Crippen LogP contribution < -0.4 is 16.6 Å². The number of nitrogens with one attached hydrogen (secondary N) is 2. The van der Waals surface area contributed by atoms with Crippen LogP contribution in [0, 0.1) is 0 Å². The third-order valence-electron chi connectivity index (χ3n) is 2.11. The zero-order valence-corrected chi connectivity index (χ0v) is 11.4. The molecule has 0 aliphatic heterocycles. The first kappa shape index (κ1) is 16.1. The van der Waals surface area contributed by atoms with Crippen molar-refractivity contribution in [3.63, 3.8) is 0 Å². The highest BCUT2D eigenvalue weighted by molar-refractivity contribution is 5.79. The minimum atomic E-state index is -0.273. The molecule has 6 nitrogen and oxygen atoms in total. The Labute approximate surface area is 104 Å². The van der Waals surface area contributed by atoms with Crippen molar-refractivity contribution in [3.8, 4) is 0 Å². The molecule has 0 aliphatic rings. The Morgan fingerprint density at radius 1 is 1.41 bits per heavy atom. The van der Waals surface area contributed by atoms with Crippen LogP contribution in [0.4, 0.5) is 0 Å². The van der Waals surface area contributed by atoms with Gasteiger partial charge in [0.25, 0.3) is 0 Å². The molecule has 0 spiro atoms. The van der Waals surface area contributed by atoms with E-state index in [1.54, 1.807) is 7.11 Å². The van der Waals surface area contributed by atoms with Crippen molar-refractivity contribution in [1.82, 2.24) is 10.7 Å². The fourth-order valence-electron chi connectivity index (χ4n) is 1.28. The van der Waals surface area contributed by atoms with Gasteiger partial charge in [0.1, 0.15) is 0 Å². The van der Waals surface area contributed by atoms with Crippen molar-refractivity contribution in [1.29, 1.82) is 0 Å². The quantitative estimate of drug-likeness (QED) is 0.188. The molecular formula is C11H26N4O2. The summed E-state index contributed by atoms with van der Waals surface area (Å²) < 4.78 is 10.5. The second kappa shape index (κ2) is 9.21. The Balaban J connectivity index is 3.99. The van der Waals surface area contributed by atoms with Crippen LogP contribution in [0.3, 0.4) is 0 Å². The molecule has 0 unspecified atom stereocenters. The van der Waals surface area contributed by atoms with Crippen LogP contribution >= 0.6 is 0 Å². The van der Waals surface area contributed by atoms with Gasteiger partial charge in [-0.05, 0) is 27.2 Å². The molecule has 0 bridgehead atoms. The highest BCUT2D eigenvalue weighted by Gasteiger charge is 2.16. The number of guanidine groups is 1. The average molecular weight is 246 g/mol. The molecule has 0 aromatic rings. The smallest absolute Gasteiger partial charge is 0.205 e. The standard InChI is InChI=1S/C11H26N4O2/c1-5-17-11(2,3)9-14-10(15-12)13-7-6-8-16-4/h5-9,12H2,1-4H3,(H2,13,14,15). The number of methoxy groups -OCH3 is 1. The predicted molar refractivity (Wildman–Crippen MR) is 69.8 cm³/mol. The number of hydrogen-bond donors (Lipinski definition) is 3. The molecule has 0 heterocycles. The molecule has 4 N–H and O–H groups in total. The highest BCUT2D eigenvalue weighted by Crippen LogP contribution is 2.08. The molecule has 0 aliphatic carbocycles. The van der Waals surface area contributed by atoms with Gasteiger partial charge >= 0.3 is 0 Å². The van der Waals surface area contributed by atoms with E-state index in [0.29, 0.717) is 19.1 Å². The Morgan fingerprint density at radius 3 is 2.65 bits per heavy atom. The Morgan fingerprint density at radius 2 is 2.12 bits per heavy atom. The van der Waals surface area contributed by atoms with Gasteiger partial charge in [0.05, 0.1) is 12.1 Å². The molecule has 0 saturated heterocycles. The average Bonchev–Trinajstić information content (AvgIpc) is 2.28. The van der Waals surface area contributed by atoms with Gasteiger partial charge in [-0.15, -0.1) is 0 Å². The van der Waals surface area contributed by atoms with Crippen molar-refractivity contribution >= 4 is 5.96 Å². The zero-order chi connectivity index (χ0) is 13.1. The van der Waals surface area contributed by atoms with E-state index in [0.717, 1.165) is 19.6 Å². The fraction of sp³-hybridized carbons (Fsp3) is 0.909. The zero-order valence-electron chi connectivity index (χ0n) is 11.4. The topological polar surface area (TPSA) is 80.9 Å². The lowest BCUT2D eigenvalue weighted by molar-refractivity contribution is -0.00219. The summed E-state index contributed by atoms with van der Waals surface area (Å²) in [4.78, 5) is 4.33. The van der Waals surface area contributed by atoms with Crippen LogP contribution in [0.25, 0.3) is 0 Å². The first-order valence-electron chi connectivity index (χ1n) is 5.93. The van der Waals surface area contributed by atoms with E-state index in [4.69, 9.17) is 15.3 Å². The Kier molecular flexibility index (Phi) is 8.75. The van der Waals surface area contributed by atoms with Gasteiger partial charge in [-0.25, -0.2) is 10.8 Å². The highest BCUT2D eigenvalue weighted by atomic mass is 16.5. The summed E-state index contributed by atoms with van der Waals surface area (Å²) in [7, 11) is 1.68. The van der Waals surface area contributed by atoms with Crippen LogP contribution in [0.5, 0.6) is 0 Å². The Bertz CT molecular complexity index is 220. The minimum absolute atomic E-state index is 0.273. The van der Waals surface area contributed by atoms with Gasteiger partial charge in [0, 0.05) is 26.9 Å². The second-order valence-electron chi connectivity index (χ2n) is 4.28. The normalized spacial score (nSPS) is 12.6. The summed E-state index contributed by atoms with van der Waals surface area (Å²) in [6.45, 7) is 8.68. The molecule has 0 amide bonds. The van der Waals surface area contributed by atoms with Crippen molar-refractivity contribution in [2.45, 2.75) is 32.8 Å². The van der Waals surface area contributed by atoms with Gasteiger partial charge in [0.15, 0.2) is 0 Å². The van der Waals surface area contributed by atoms with Crippen molar-refractivity contribution < 1.29 is 9.47 Å². The molecule has 0 radical (unpaired) electrons. The van der Waals surface area contributed by atoms with Crippen LogP contribution in [0.15, 0.2) is 4.99 Å². The van der Waals surface area contributed by atoms with E-state index in [1.807, 2.05) is 20.8 Å². The Hall–Kier alpha value is -0.850. The predicted octanol–water partition coefficient (Wildman–Crippen LogP) is 0.247. The number of ether oxygens (including phenoxy) is 2. The lowest BCUT2D eigenvalue weighted by atomic mass is 10.1. The number of rotatable bonds is 8. The molecule has 0 aromatic carbocycles. The summed E-state index contributed by atoms with van der Waals surface area (Å²) in [5.74, 6) is 5.95. The van der Waals surface area contributed by atoms with Crippen molar-refractivity contribution in [3.05, 3.63) is 0 Å². The summed E-state index contributed by atoms with van der Waals surface area (Å²) in [5, 5.41) is 3.10. The van der Waals surface area contributed by atoms with Crippen LogP contribution in [-0.2, 0) is 9.47 Å². The molecule has 0 aromatic heterocycles. The second-order valence-corrected chi connectivity index (χ2v) is 4.28. The summed E-state index contributed by atoms with van der Waals surface area (Å²) in [5.41, 5.74) is 2.26. The van der Waals surface area contributed by atoms with Gasteiger partial charge in [0.2, 0.25) is 5.96 Å². The van der Waals surface area contributed by atoms with E-state index in [9.17, 15) is 0 Å². The largest absolute Gasteiger partial charge is 0.385 e. The first-order chi connectivity index (χ1) is 8.05.